The van der Waals surface area contributed by atoms with Gasteiger partial charge in [-0.15, -0.1) is 11.8 Å². The second kappa shape index (κ2) is 5.13. The van der Waals surface area contributed by atoms with E-state index in [0.717, 1.165) is 38.5 Å². The molecule has 1 aliphatic heterocycles. The van der Waals surface area contributed by atoms with E-state index >= 15 is 0 Å². The van der Waals surface area contributed by atoms with E-state index in [2.05, 4.69) is 12.2 Å². The molecule has 2 saturated carbocycles. The number of rotatable bonds is 4. The van der Waals surface area contributed by atoms with Crippen molar-refractivity contribution in [2.24, 2.45) is 5.92 Å². The molecular formula is C14H22N2O3S. The van der Waals surface area contributed by atoms with Crippen molar-refractivity contribution in [2.45, 2.75) is 62.4 Å². The molecule has 3 rings (SSSR count). The standard InChI is InChI=1S/C14H22N2O3S/c1-2-14(6-3-7-14)15-13(19)16-10(12(17)18)8-20-11(16)9-4-5-9/h9-11H,2-8H2,1H3,(H,15,19)(H,17,18). The zero-order chi connectivity index (χ0) is 14.3. The van der Waals surface area contributed by atoms with Crippen LogP contribution in [0.2, 0.25) is 0 Å². The van der Waals surface area contributed by atoms with Crippen LogP contribution in [0.5, 0.6) is 0 Å². The van der Waals surface area contributed by atoms with Crippen LogP contribution in [-0.4, -0.2) is 44.7 Å². The Morgan fingerprint density at radius 3 is 2.55 bits per heavy atom. The lowest BCUT2D eigenvalue weighted by Crippen LogP contribution is -2.59. The highest BCUT2D eigenvalue weighted by atomic mass is 32.2. The minimum atomic E-state index is -0.880. The largest absolute Gasteiger partial charge is 0.480 e. The van der Waals surface area contributed by atoms with Gasteiger partial charge in [-0.2, -0.15) is 0 Å². The fourth-order valence-corrected chi connectivity index (χ4v) is 4.81. The van der Waals surface area contributed by atoms with Crippen molar-refractivity contribution in [3.63, 3.8) is 0 Å². The van der Waals surface area contributed by atoms with E-state index in [1.54, 1.807) is 16.7 Å². The number of thioether (sulfide) groups is 1. The lowest BCUT2D eigenvalue weighted by molar-refractivity contribution is -0.141. The van der Waals surface area contributed by atoms with Gasteiger partial charge in [-0.3, -0.25) is 4.90 Å². The van der Waals surface area contributed by atoms with E-state index < -0.39 is 12.0 Å². The van der Waals surface area contributed by atoms with Crippen molar-refractivity contribution in [1.82, 2.24) is 10.2 Å². The summed E-state index contributed by atoms with van der Waals surface area (Å²) in [6, 6.07) is -0.833. The molecule has 3 aliphatic rings. The Bertz CT molecular complexity index is 415. The Labute approximate surface area is 123 Å². The van der Waals surface area contributed by atoms with Gasteiger partial charge in [-0.05, 0) is 44.4 Å². The van der Waals surface area contributed by atoms with E-state index in [0.29, 0.717) is 11.7 Å². The van der Waals surface area contributed by atoms with Gasteiger partial charge in [0.1, 0.15) is 6.04 Å². The average Bonchev–Trinajstić information content (AvgIpc) is 3.11. The van der Waals surface area contributed by atoms with Gasteiger partial charge in [0.25, 0.3) is 0 Å². The van der Waals surface area contributed by atoms with Gasteiger partial charge in [-0.1, -0.05) is 6.92 Å². The number of carbonyl (C=O) groups is 2. The Morgan fingerprint density at radius 1 is 1.40 bits per heavy atom. The van der Waals surface area contributed by atoms with Crippen LogP contribution in [0.4, 0.5) is 4.79 Å². The molecule has 5 nitrogen and oxygen atoms in total. The summed E-state index contributed by atoms with van der Waals surface area (Å²) in [7, 11) is 0. The normalized spacial score (nSPS) is 31.8. The van der Waals surface area contributed by atoms with Crippen molar-refractivity contribution in [2.75, 3.05) is 5.75 Å². The van der Waals surface area contributed by atoms with E-state index in [9.17, 15) is 14.7 Å². The molecule has 1 heterocycles. The van der Waals surface area contributed by atoms with Crippen LogP contribution in [-0.2, 0) is 4.79 Å². The topological polar surface area (TPSA) is 69.6 Å². The molecule has 2 amide bonds. The van der Waals surface area contributed by atoms with Crippen LogP contribution in [0.1, 0.15) is 45.4 Å². The summed E-state index contributed by atoms with van der Waals surface area (Å²) < 4.78 is 0. The van der Waals surface area contributed by atoms with Gasteiger partial charge in [0, 0.05) is 11.3 Å². The highest BCUT2D eigenvalue weighted by molar-refractivity contribution is 8.00. The summed E-state index contributed by atoms with van der Waals surface area (Å²) >= 11 is 1.63. The SMILES string of the molecule is CCC1(NC(=O)N2C(C(=O)O)CSC2C2CC2)CCC1. The minimum Gasteiger partial charge on any atom is -0.480 e. The molecule has 2 N–H and O–H groups in total. The van der Waals surface area contributed by atoms with Crippen molar-refractivity contribution < 1.29 is 14.7 Å². The van der Waals surface area contributed by atoms with Crippen molar-refractivity contribution in [1.29, 1.82) is 0 Å². The van der Waals surface area contributed by atoms with E-state index in [1.165, 1.54) is 0 Å². The molecule has 2 atom stereocenters. The maximum Gasteiger partial charge on any atom is 0.327 e. The molecule has 2 aliphatic carbocycles. The fraction of sp³-hybridized carbons (Fsp3) is 0.857. The van der Waals surface area contributed by atoms with Crippen molar-refractivity contribution >= 4 is 23.8 Å². The molecule has 0 aromatic heterocycles. The lowest BCUT2D eigenvalue weighted by Gasteiger charge is -2.43. The predicted octanol–water partition coefficient (Wildman–Crippen LogP) is 2.27. The zero-order valence-electron chi connectivity index (χ0n) is 11.8. The van der Waals surface area contributed by atoms with Gasteiger partial charge in [0.15, 0.2) is 0 Å². The van der Waals surface area contributed by atoms with E-state index in [-0.39, 0.29) is 16.9 Å². The highest BCUT2D eigenvalue weighted by Gasteiger charge is 2.49. The van der Waals surface area contributed by atoms with E-state index in [4.69, 9.17) is 0 Å². The number of carbonyl (C=O) groups excluding carboxylic acids is 1. The predicted molar refractivity (Wildman–Crippen MR) is 77.6 cm³/mol. The summed E-state index contributed by atoms with van der Waals surface area (Å²) in [6.45, 7) is 2.09. The summed E-state index contributed by atoms with van der Waals surface area (Å²) in [5.74, 6) is 0.132. The second-order valence-corrected chi connectivity index (χ2v) is 7.39. The third-order valence-electron chi connectivity index (χ3n) is 4.94. The number of hydrogen-bond acceptors (Lipinski definition) is 3. The number of nitrogens with one attached hydrogen (secondary N) is 1. The number of amides is 2. The Kier molecular flexibility index (Phi) is 3.60. The molecule has 0 aromatic carbocycles. The molecular weight excluding hydrogens is 276 g/mol. The first-order chi connectivity index (χ1) is 9.56. The number of carboxylic acids is 1. The van der Waals surface area contributed by atoms with Crippen LogP contribution in [0.25, 0.3) is 0 Å². The molecule has 1 saturated heterocycles. The maximum atomic E-state index is 12.6. The van der Waals surface area contributed by atoms with Crippen LogP contribution in [0.15, 0.2) is 0 Å². The highest BCUT2D eigenvalue weighted by Crippen LogP contribution is 2.46. The average molecular weight is 298 g/mol. The number of nitrogens with zero attached hydrogens (tertiary/aromatic N) is 1. The number of aliphatic carboxylic acids is 1. The first kappa shape index (κ1) is 14.0. The molecule has 20 heavy (non-hydrogen) atoms. The maximum absolute atomic E-state index is 12.6. The molecule has 6 heteroatoms. The zero-order valence-corrected chi connectivity index (χ0v) is 12.6. The van der Waals surface area contributed by atoms with Gasteiger partial charge < -0.3 is 10.4 Å². The van der Waals surface area contributed by atoms with Gasteiger partial charge in [0.05, 0.1) is 5.37 Å². The van der Waals surface area contributed by atoms with Crippen LogP contribution < -0.4 is 5.32 Å². The van der Waals surface area contributed by atoms with Crippen LogP contribution in [0, 0.1) is 5.92 Å². The fourth-order valence-electron chi connectivity index (χ4n) is 3.18. The molecule has 0 aromatic rings. The molecule has 0 radical (unpaired) electrons. The second-order valence-electron chi connectivity index (χ2n) is 6.24. The molecule has 0 spiro atoms. The van der Waals surface area contributed by atoms with Crippen molar-refractivity contribution in [3.8, 4) is 0 Å². The molecule has 3 fully saturated rings. The summed E-state index contributed by atoms with van der Waals surface area (Å²) in [5, 5.41) is 12.5. The van der Waals surface area contributed by atoms with Crippen LogP contribution in [0.3, 0.4) is 0 Å². The number of carboxylic acid groups (broad SMARTS) is 1. The number of hydrogen-bond donors (Lipinski definition) is 2. The Morgan fingerprint density at radius 2 is 2.10 bits per heavy atom. The monoisotopic (exact) mass is 298 g/mol. The third-order valence-corrected chi connectivity index (χ3v) is 6.40. The quantitative estimate of drug-likeness (QED) is 0.835. The lowest BCUT2D eigenvalue weighted by atomic mass is 9.75. The van der Waals surface area contributed by atoms with Gasteiger partial charge in [-0.25, -0.2) is 9.59 Å². The molecule has 112 valence electrons. The van der Waals surface area contributed by atoms with E-state index in [1.807, 2.05) is 0 Å². The first-order valence-corrected chi connectivity index (χ1v) is 8.56. The minimum absolute atomic E-state index is 0.0603. The van der Waals surface area contributed by atoms with Gasteiger partial charge in [0.2, 0.25) is 0 Å². The first-order valence-electron chi connectivity index (χ1n) is 7.51. The summed E-state index contributed by atoms with van der Waals surface area (Å²) in [4.78, 5) is 25.6. The Hall–Kier alpha value is -0.910. The third kappa shape index (κ3) is 2.38. The summed E-state index contributed by atoms with van der Waals surface area (Å²) in [6.07, 6.45) is 6.34. The number of urea groups is 1. The van der Waals surface area contributed by atoms with Crippen molar-refractivity contribution in [3.05, 3.63) is 0 Å². The molecule has 0 bridgehead atoms. The smallest absolute Gasteiger partial charge is 0.327 e. The molecule has 2 unspecified atom stereocenters. The van der Waals surface area contributed by atoms with Gasteiger partial charge >= 0.3 is 12.0 Å². The summed E-state index contributed by atoms with van der Waals surface area (Å²) in [5.41, 5.74) is -0.0819. The van der Waals surface area contributed by atoms with Crippen LogP contribution >= 0.6 is 11.8 Å². The Balaban J connectivity index is 1.73.